The van der Waals surface area contributed by atoms with Gasteiger partial charge in [0.25, 0.3) is 0 Å². The number of amides is 1. The maximum Gasteiger partial charge on any atom is 0.240 e. The van der Waals surface area contributed by atoms with Crippen molar-refractivity contribution in [1.82, 2.24) is 10.3 Å². The van der Waals surface area contributed by atoms with E-state index >= 15 is 0 Å². The molecule has 0 aromatic carbocycles. The van der Waals surface area contributed by atoms with E-state index in [0.717, 1.165) is 23.5 Å². The van der Waals surface area contributed by atoms with E-state index in [-0.39, 0.29) is 11.3 Å². The number of hydrogen-bond donors (Lipinski definition) is 2. The first-order valence-corrected chi connectivity index (χ1v) is 6.77. The Kier molecular flexibility index (Phi) is 3.23. The highest BCUT2D eigenvalue weighted by atomic mass is 32.1. The lowest BCUT2D eigenvalue weighted by Gasteiger charge is -2.15. The van der Waals surface area contributed by atoms with Gasteiger partial charge in [-0.1, -0.05) is 20.8 Å². The van der Waals surface area contributed by atoms with Crippen LogP contribution >= 0.6 is 11.3 Å². The summed E-state index contributed by atoms with van der Waals surface area (Å²) in [5, 5.41) is 6.22. The molecule has 0 spiro atoms. The van der Waals surface area contributed by atoms with Crippen LogP contribution in [-0.2, 0) is 10.2 Å². The van der Waals surface area contributed by atoms with Crippen molar-refractivity contribution in [3.63, 3.8) is 0 Å². The highest BCUT2D eigenvalue weighted by Crippen LogP contribution is 2.29. The molecule has 3 N–H and O–H groups in total. The van der Waals surface area contributed by atoms with E-state index in [1.54, 1.807) is 11.3 Å². The van der Waals surface area contributed by atoms with E-state index in [0.29, 0.717) is 6.04 Å². The average Bonchev–Trinajstić information content (AvgIpc) is 2.87. The Balaban J connectivity index is 2.17. The number of nitrogens with one attached hydrogen (secondary N) is 1. The predicted octanol–water partition coefficient (Wildman–Crippen LogP) is 1.72. The normalized spacial score (nSPS) is 18.1. The summed E-state index contributed by atoms with van der Waals surface area (Å²) in [6.45, 7) is 6.34. The van der Waals surface area contributed by atoms with Crippen LogP contribution in [0.5, 0.6) is 0 Å². The molecule has 94 valence electrons. The molecule has 1 unspecified atom stereocenters. The van der Waals surface area contributed by atoms with E-state index in [1.807, 2.05) is 5.38 Å². The van der Waals surface area contributed by atoms with Gasteiger partial charge in [0.15, 0.2) is 0 Å². The van der Waals surface area contributed by atoms with Crippen LogP contribution in [0.1, 0.15) is 50.4 Å². The molecule has 1 fully saturated rings. The third-order valence-corrected chi connectivity index (χ3v) is 4.01. The van der Waals surface area contributed by atoms with Gasteiger partial charge in [0, 0.05) is 16.8 Å². The zero-order valence-electron chi connectivity index (χ0n) is 10.5. The summed E-state index contributed by atoms with van der Waals surface area (Å²) in [5.74, 6) is -0.345. The van der Waals surface area contributed by atoms with Crippen LogP contribution in [0.25, 0.3) is 0 Å². The second kappa shape index (κ2) is 4.38. The van der Waals surface area contributed by atoms with Crippen molar-refractivity contribution in [3.8, 4) is 0 Å². The number of primary amides is 1. The summed E-state index contributed by atoms with van der Waals surface area (Å²) in [7, 11) is 0. The summed E-state index contributed by atoms with van der Waals surface area (Å²) in [6.07, 6.45) is 2.25. The van der Waals surface area contributed by atoms with Gasteiger partial charge in [-0.25, -0.2) is 4.98 Å². The van der Waals surface area contributed by atoms with Gasteiger partial charge in [0.2, 0.25) is 5.91 Å². The van der Waals surface area contributed by atoms with Crippen molar-refractivity contribution < 1.29 is 4.79 Å². The Morgan fingerprint density at radius 3 is 2.65 bits per heavy atom. The van der Waals surface area contributed by atoms with Crippen molar-refractivity contribution in [3.05, 3.63) is 16.1 Å². The number of carbonyl (C=O) groups is 1. The Morgan fingerprint density at radius 2 is 2.24 bits per heavy atom. The lowest BCUT2D eigenvalue weighted by Crippen LogP contribution is -2.35. The molecule has 1 aliphatic rings. The third-order valence-electron chi connectivity index (χ3n) is 2.72. The van der Waals surface area contributed by atoms with Crippen LogP contribution in [0.3, 0.4) is 0 Å². The highest BCUT2D eigenvalue weighted by Gasteiger charge is 2.30. The van der Waals surface area contributed by atoms with Gasteiger partial charge in [-0.15, -0.1) is 11.3 Å². The fourth-order valence-corrected chi connectivity index (χ4v) is 2.50. The van der Waals surface area contributed by atoms with Crippen LogP contribution in [0, 0.1) is 0 Å². The number of carbonyl (C=O) groups excluding carboxylic acids is 1. The van der Waals surface area contributed by atoms with Crippen LogP contribution in [0.15, 0.2) is 5.38 Å². The number of nitrogens with two attached hydrogens (primary N) is 1. The largest absolute Gasteiger partial charge is 0.368 e. The van der Waals surface area contributed by atoms with E-state index in [1.165, 1.54) is 0 Å². The quantitative estimate of drug-likeness (QED) is 0.858. The van der Waals surface area contributed by atoms with Crippen molar-refractivity contribution >= 4 is 17.2 Å². The Hall–Kier alpha value is -0.940. The summed E-state index contributed by atoms with van der Waals surface area (Å²) < 4.78 is 0. The zero-order chi connectivity index (χ0) is 12.6. The summed E-state index contributed by atoms with van der Waals surface area (Å²) >= 11 is 1.59. The van der Waals surface area contributed by atoms with Crippen molar-refractivity contribution in [2.75, 3.05) is 0 Å². The molecule has 0 bridgehead atoms. The molecule has 4 nitrogen and oxygen atoms in total. The molecule has 1 atom stereocenters. The maximum absolute atomic E-state index is 11.4. The summed E-state index contributed by atoms with van der Waals surface area (Å²) in [6, 6.07) is 0.00198. The Bertz CT molecular complexity index is 418. The van der Waals surface area contributed by atoms with Gasteiger partial charge in [-0.2, -0.15) is 0 Å². The van der Waals surface area contributed by atoms with Crippen LogP contribution in [-0.4, -0.2) is 16.9 Å². The molecule has 5 heteroatoms. The summed E-state index contributed by atoms with van der Waals surface area (Å²) in [5.41, 5.74) is 6.21. The second-order valence-electron chi connectivity index (χ2n) is 5.60. The second-order valence-corrected chi connectivity index (χ2v) is 6.46. The minimum Gasteiger partial charge on any atom is -0.368 e. The Morgan fingerprint density at radius 1 is 1.59 bits per heavy atom. The molecule has 0 radical (unpaired) electrons. The summed E-state index contributed by atoms with van der Waals surface area (Å²) in [4.78, 5) is 16.0. The minimum atomic E-state index is -0.435. The van der Waals surface area contributed by atoms with Crippen LogP contribution < -0.4 is 11.1 Å². The fourth-order valence-electron chi connectivity index (χ4n) is 1.56. The smallest absolute Gasteiger partial charge is 0.240 e. The molecule has 17 heavy (non-hydrogen) atoms. The SMILES string of the molecule is CC(C)(C)c1nc(C(NC2CC2)C(N)=O)cs1. The number of aromatic nitrogens is 1. The van der Waals surface area contributed by atoms with Gasteiger partial charge < -0.3 is 5.73 Å². The van der Waals surface area contributed by atoms with Crippen LogP contribution in [0.2, 0.25) is 0 Å². The standard InChI is InChI=1S/C12H19N3OS/c1-12(2,3)11-15-8(6-17-11)9(10(13)16)14-7-4-5-7/h6-7,9,14H,4-5H2,1-3H3,(H2,13,16). The van der Waals surface area contributed by atoms with E-state index < -0.39 is 6.04 Å². The molecule has 2 rings (SSSR count). The number of rotatable bonds is 4. The van der Waals surface area contributed by atoms with Crippen molar-refractivity contribution in [2.24, 2.45) is 5.73 Å². The molecule has 1 aliphatic carbocycles. The third kappa shape index (κ3) is 3.04. The lowest BCUT2D eigenvalue weighted by atomic mass is 9.98. The molecule has 1 aromatic rings. The molecule has 1 saturated carbocycles. The van der Waals surface area contributed by atoms with E-state index in [2.05, 4.69) is 31.1 Å². The Labute approximate surface area is 106 Å². The van der Waals surface area contributed by atoms with Crippen molar-refractivity contribution in [2.45, 2.75) is 51.1 Å². The molecule has 0 saturated heterocycles. The lowest BCUT2D eigenvalue weighted by molar-refractivity contribution is -0.120. The van der Waals surface area contributed by atoms with Crippen LogP contribution in [0.4, 0.5) is 0 Å². The maximum atomic E-state index is 11.4. The number of nitrogens with zero attached hydrogens (tertiary/aromatic N) is 1. The monoisotopic (exact) mass is 253 g/mol. The average molecular weight is 253 g/mol. The van der Waals surface area contributed by atoms with E-state index in [4.69, 9.17) is 5.73 Å². The molecule has 1 heterocycles. The topological polar surface area (TPSA) is 68.0 Å². The van der Waals surface area contributed by atoms with Gasteiger partial charge in [0.05, 0.1) is 10.7 Å². The predicted molar refractivity (Wildman–Crippen MR) is 68.9 cm³/mol. The molecule has 1 aromatic heterocycles. The fraction of sp³-hybridized carbons (Fsp3) is 0.667. The number of hydrogen-bond acceptors (Lipinski definition) is 4. The number of thiazole rings is 1. The molecule has 1 amide bonds. The van der Waals surface area contributed by atoms with Crippen molar-refractivity contribution in [1.29, 1.82) is 0 Å². The first-order chi connectivity index (χ1) is 7.88. The van der Waals surface area contributed by atoms with Gasteiger partial charge in [-0.05, 0) is 12.8 Å². The first-order valence-electron chi connectivity index (χ1n) is 5.89. The highest BCUT2D eigenvalue weighted by molar-refractivity contribution is 7.09. The molecule has 0 aliphatic heterocycles. The minimum absolute atomic E-state index is 0.0185. The first kappa shape index (κ1) is 12.5. The van der Waals surface area contributed by atoms with Gasteiger partial charge in [0.1, 0.15) is 6.04 Å². The van der Waals surface area contributed by atoms with Gasteiger partial charge >= 0.3 is 0 Å². The zero-order valence-corrected chi connectivity index (χ0v) is 11.3. The molecular weight excluding hydrogens is 234 g/mol. The van der Waals surface area contributed by atoms with E-state index in [9.17, 15) is 4.79 Å². The van der Waals surface area contributed by atoms with Gasteiger partial charge in [-0.3, -0.25) is 10.1 Å². The molecular formula is C12H19N3OS.